The molecule has 0 saturated heterocycles. The van der Waals surface area contributed by atoms with Gasteiger partial charge in [0.15, 0.2) is 15.0 Å². The number of fused-ring (bicyclic) bond motifs is 2. The van der Waals surface area contributed by atoms with Crippen molar-refractivity contribution in [1.82, 2.24) is 9.55 Å². The summed E-state index contributed by atoms with van der Waals surface area (Å²) < 4.78 is 29.4. The molecule has 0 atom stereocenters. The summed E-state index contributed by atoms with van der Waals surface area (Å²) in [5.74, 6) is -0.357. The zero-order valence-corrected chi connectivity index (χ0v) is 20.4. The van der Waals surface area contributed by atoms with Crippen molar-refractivity contribution in [3.8, 4) is 0 Å². The van der Waals surface area contributed by atoms with E-state index in [0.29, 0.717) is 16.0 Å². The van der Waals surface area contributed by atoms with E-state index in [-0.39, 0.29) is 23.1 Å². The van der Waals surface area contributed by atoms with Crippen LogP contribution in [0.5, 0.6) is 0 Å². The molecule has 0 bridgehead atoms. The molecule has 34 heavy (non-hydrogen) atoms. The van der Waals surface area contributed by atoms with Crippen molar-refractivity contribution >= 4 is 53.3 Å². The van der Waals surface area contributed by atoms with Crippen LogP contribution in [0.1, 0.15) is 16.7 Å². The molecule has 1 N–H and O–H groups in total. The summed E-state index contributed by atoms with van der Waals surface area (Å²) in [6.07, 6.45) is 1.57. The standard InChI is InChI=1S/C26H23N3O3S2/c1-17-11-12-21-23(13-17)33-26(27-21)28-25(30)15-29-14-24(20-9-5-6-10-22(20)29)34(31,32)16-19-8-4-3-7-18(19)2/h3-14H,15-16H2,1-2H3,(H,27,28,30). The Morgan fingerprint density at radius 1 is 1.03 bits per heavy atom. The molecule has 0 aliphatic rings. The third kappa shape index (κ3) is 4.34. The fraction of sp³-hybridized carbons (Fsp3) is 0.154. The number of rotatable bonds is 6. The lowest BCUT2D eigenvalue weighted by Crippen LogP contribution is -2.18. The molecule has 8 heteroatoms. The molecule has 5 aromatic rings. The second-order valence-corrected chi connectivity index (χ2v) is 11.4. The third-order valence-corrected chi connectivity index (χ3v) is 8.42. The number of carbonyl (C=O) groups is 1. The maximum atomic E-state index is 13.4. The van der Waals surface area contributed by atoms with Crippen LogP contribution in [-0.4, -0.2) is 23.9 Å². The van der Waals surface area contributed by atoms with E-state index < -0.39 is 9.84 Å². The lowest BCUT2D eigenvalue weighted by Gasteiger charge is -2.06. The first-order valence-corrected chi connectivity index (χ1v) is 13.3. The quantitative estimate of drug-likeness (QED) is 0.342. The molecule has 0 aliphatic carbocycles. The highest BCUT2D eigenvalue weighted by Crippen LogP contribution is 2.30. The Morgan fingerprint density at radius 2 is 1.79 bits per heavy atom. The van der Waals surface area contributed by atoms with Gasteiger partial charge in [0.1, 0.15) is 6.54 Å². The Kier molecular flexibility index (Phi) is 5.71. The molecule has 0 spiro atoms. The van der Waals surface area contributed by atoms with Crippen LogP contribution in [0.25, 0.3) is 21.1 Å². The van der Waals surface area contributed by atoms with Gasteiger partial charge in [0.25, 0.3) is 0 Å². The van der Waals surface area contributed by atoms with Crippen LogP contribution in [0.3, 0.4) is 0 Å². The Bertz CT molecular complexity index is 1650. The van der Waals surface area contributed by atoms with Gasteiger partial charge >= 0.3 is 0 Å². The number of hydrogen-bond acceptors (Lipinski definition) is 5. The Hall–Kier alpha value is -3.49. The van der Waals surface area contributed by atoms with Gasteiger partial charge in [0.2, 0.25) is 5.91 Å². The summed E-state index contributed by atoms with van der Waals surface area (Å²) in [5, 5.41) is 3.99. The van der Waals surface area contributed by atoms with Gasteiger partial charge < -0.3 is 9.88 Å². The van der Waals surface area contributed by atoms with Crippen molar-refractivity contribution < 1.29 is 13.2 Å². The number of para-hydroxylation sites is 1. The smallest absolute Gasteiger partial charge is 0.246 e. The average molecular weight is 490 g/mol. The van der Waals surface area contributed by atoms with E-state index in [2.05, 4.69) is 10.3 Å². The highest BCUT2D eigenvalue weighted by Gasteiger charge is 2.23. The second kappa shape index (κ2) is 8.70. The maximum absolute atomic E-state index is 13.4. The first-order chi connectivity index (χ1) is 16.3. The van der Waals surface area contributed by atoms with Gasteiger partial charge in [-0.2, -0.15) is 0 Å². The molecule has 0 saturated carbocycles. The number of carbonyl (C=O) groups excluding carboxylic acids is 1. The lowest BCUT2D eigenvalue weighted by molar-refractivity contribution is -0.116. The number of thiazole rings is 1. The SMILES string of the molecule is Cc1ccc2nc(NC(=O)Cn3cc(S(=O)(=O)Cc4ccccc4C)c4ccccc43)sc2c1. The molecule has 2 aromatic heterocycles. The van der Waals surface area contributed by atoms with Crippen LogP contribution in [0.4, 0.5) is 5.13 Å². The molecule has 2 heterocycles. The van der Waals surface area contributed by atoms with E-state index in [9.17, 15) is 13.2 Å². The molecule has 0 radical (unpaired) electrons. The van der Waals surface area contributed by atoms with Gasteiger partial charge in [-0.15, -0.1) is 0 Å². The summed E-state index contributed by atoms with van der Waals surface area (Å²) >= 11 is 1.42. The second-order valence-electron chi connectivity index (χ2n) is 8.36. The Balaban J connectivity index is 1.43. The predicted octanol–water partition coefficient (Wildman–Crippen LogP) is 5.48. The van der Waals surface area contributed by atoms with Crippen LogP contribution < -0.4 is 5.32 Å². The van der Waals surface area contributed by atoms with Crippen LogP contribution >= 0.6 is 11.3 Å². The highest BCUT2D eigenvalue weighted by atomic mass is 32.2. The Labute approximate surface area is 201 Å². The summed E-state index contributed by atoms with van der Waals surface area (Å²) in [6, 6.07) is 20.7. The Morgan fingerprint density at radius 3 is 2.62 bits per heavy atom. The first kappa shape index (κ1) is 22.3. The third-order valence-electron chi connectivity index (χ3n) is 5.80. The normalized spacial score (nSPS) is 11.8. The molecule has 0 unspecified atom stereocenters. The van der Waals surface area contributed by atoms with Crippen molar-refractivity contribution in [3.63, 3.8) is 0 Å². The molecular weight excluding hydrogens is 466 g/mol. The number of hydrogen-bond donors (Lipinski definition) is 1. The monoisotopic (exact) mass is 489 g/mol. The minimum atomic E-state index is -3.62. The van der Waals surface area contributed by atoms with E-state index in [1.54, 1.807) is 16.8 Å². The number of aryl methyl sites for hydroxylation is 2. The van der Waals surface area contributed by atoms with Gasteiger partial charge in [0, 0.05) is 17.1 Å². The summed E-state index contributed by atoms with van der Waals surface area (Å²) in [6.45, 7) is 3.90. The number of anilines is 1. The predicted molar refractivity (Wildman–Crippen MR) is 137 cm³/mol. The fourth-order valence-electron chi connectivity index (χ4n) is 4.05. The molecule has 5 rings (SSSR count). The summed E-state index contributed by atoms with van der Waals surface area (Å²) in [4.78, 5) is 17.6. The largest absolute Gasteiger partial charge is 0.337 e. The van der Waals surface area contributed by atoms with Crippen molar-refractivity contribution in [2.75, 3.05) is 5.32 Å². The zero-order valence-electron chi connectivity index (χ0n) is 18.8. The van der Waals surface area contributed by atoms with Crippen LogP contribution in [0.15, 0.2) is 77.8 Å². The van der Waals surface area contributed by atoms with Crippen molar-refractivity contribution in [2.24, 2.45) is 0 Å². The number of benzene rings is 3. The molecule has 6 nitrogen and oxygen atoms in total. The summed E-state index contributed by atoms with van der Waals surface area (Å²) in [5.41, 5.74) is 4.36. The number of nitrogens with one attached hydrogen (secondary N) is 1. The number of nitrogens with zero attached hydrogens (tertiary/aromatic N) is 2. The molecule has 172 valence electrons. The molecule has 1 amide bonds. The van der Waals surface area contributed by atoms with Crippen molar-refractivity contribution in [1.29, 1.82) is 0 Å². The summed E-state index contributed by atoms with van der Waals surface area (Å²) in [7, 11) is -3.62. The molecular formula is C26H23N3O3S2. The van der Waals surface area contributed by atoms with Crippen LogP contribution in [-0.2, 0) is 26.9 Å². The molecule has 0 fully saturated rings. The van der Waals surface area contributed by atoms with Gasteiger partial charge in [-0.05, 0) is 48.7 Å². The van der Waals surface area contributed by atoms with E-state index in [4.69, 9.17) is 0 Å². The minimum absolute atomic E-state index is 0.0185. The average Bonchev–Trinajstić information content (AvgIpc) is 3.36. The first-order valence-electron chi connectivity index (χ1n) is 10.8. The number of sulfone groups is 1. The van der Waals surface area contributed by atoms with Gasteiger partial charge in [-0.1, -0.05) is 59.9 Å². The minimum Gasteiger partial charge on any atom is -0.337 e. The molecule has 3 aromatic carbocycles. The van der Waals surface area contributed by atoms with Gasteiger partial charge in [-0.3, -0.25) is 4.79 Å². The van der Waals surface area contributed by atoms with E-state index in [1.807, 2.05) is 74.5 Å². The molecule has 0 aliphatic heterocycles. The van der Waals surface area contributed by atoms with Crippen molar-refractivity contribution in [3.05, 3.63) is 89.6 Å². The highest BCUT2D eigenvalue weighted by molar-refractivity contribution is 7.90. The van der Waals surface area contributed by atoms with E-state index >= 15 is 0 Å². The van der Waals surface area contributed by atoms with Crippen LogP contribution in [0.2, 0.25) is 0 Å². The van der Waals surface area contributed by atoms with Gasteiger partial charge in [0.05, 0.1) is 20.9 Å². The number of amides is 1. The lowest BCUT2D eigenvalue weighted by atomic mass is 10.1. The van der Waals surface area contributed by atoms with E-state index in [1.165, 1.54) is 11.3 Å². The van der Waals surface area contributed by atoms with Crippen LogP contribution in [0, 0.1) is 13.8 Å². The maximum Gasteiger partial charge on any atom is 0.246 e. The van der Waals surface area contributed by atoms with Crippen molar-refractivity contribution in [2.45, 2.75) is 31.0 Å². The number of aromatic nitrogens is 2. The fourth-order valence-corrected chi connectivity index (χ4v) is 6.71. The van der Waals surface area contributed by atoms with Gasteiger partial charge in [-0.25, -0.2) is 13.4 Å². The zero-order chi connectivity index (χ0) is 23.9. The topological polar surface area (TPSA) is 81.1 Å². The van der Waals surface area contributed by atoms with E-state index in [0.717, 1.165) is 26.9 Å².